The molecule has 0 bridgehead atoms. The molecule has 0 N–H and O–H groups in total. The zero-order chi connectivity index (χ0) is 13.3. The molecule has 1 aromatic heterocycles. The maximum absolute atomic E-state index is 13.3. The van der Waals surface area contributed by atoms with Gasteiger partial charge in [0.1, 0.15) is 5.82 Å². The van der Waals surface area contributed by atoms with Crippen molar-refractivity contribution in [2.75, 3.05) is 0 Å². The van der Waals surface area contributed by atoms with E-state index in [1.54, 1.807) is 12.3 Å². The molecule has 0 spiro atoms. The van der Waals surface area contributed by atoms with Crippen molar-refractivity contribution in [1.29, 1.82) is 0 Å². The molecule has 4 heteroatoms. The first kappa shape index (κ1) is 13.0. The third-order valence-electron chi connectivity index (χ3n) is 2.89. The van der Waals surface area contributed by atoms with Gasteiger partial charge in [0.25, 0.3) is 0 Å². The zero-order valence-electron chi connectivity index (χ0n) is 10.5. The van der Waals surface area contributed by atoms with Gasteiger partial charge in [0, 0.05) is 23.0 Å². The minimum absolute atomic E-state index is 0.132. The van der Waals surface area contributed by atoms with Gasteiger partial charge >= 0.3 is 0 Å². The Labute approximate surface area is 111 Å². The molecule has 1 aromatic carbocycles. The van der Waals surface area contributed by atoms with Crippen LogP contribution in [0.25, 0.3) is 11.4 Å². The van der Waals surface area contributed by atoms with Gasteiger partial charge in [0.2, 0.25) is 0 Å². The predicted molar refractivity (Wildman–Crippen MR) is 71.2 cm³/mol. The van der Waals surface area contributed by atoms with Crippen LogP contribution in [0, 0.1) is 19.7 Å². The second-order valence-electron chi connectivity index (χ2n) is 4.31. The molecule has 94 valence electrons. The highest BCUT2D eigenvalue weighted by Crippen LogP contribution is 2.25. The number of aryl methyl sites for hydroxylation is 2. The second-order valence-corrected chi connectivity index (χ2v) is 4.96. The van der Waals surface area contributed by atoms with Crippen molar-refractivity contribution in [3.63, 3.8) is 0 Å². The molecular weight excluding hydrogens is 251 g/mol. The molecule has 0 saturated heterocycles. The van der Waals surface area contributed by atoms with E-state index in [0.29, 0.717) is 11.4 Å². The lowest BCUT2D eigenvalue weighted by molar-refractivity contribution is 0.627. The number of aromatic nitrogens is 2. The van der Waals surface area contributed by atoms with E-state index >= 15 is 0 Å². The first-order valence-corrected chi connectivity index (χ1v) is 6.17. The highest BCUT2D eigenvalue weighted by atomic mass is 35.5. The fourth-order valence-electron chi connectivity index (χ4n) is 1.83. The van der Waals surface area contributed by atoms with E-state index in [2.05, 4.69) is 9.97 Å². The summed E-state index contributed by atoms with van der Waals surface area (Å²) in [6.45, 7) is 5.67. The Morgan fingerprint density at radius 1 is 1.28 bits per heavy atom. The molecule has 0 radical (unpaired) electrons. The Bertz CT molecular complexity index is 582. The molecule has 0 amide bonds. The average Bonchev–Trinajstić information content (AvgIpc) is 2.31. The Morgan fingerprint density at radius 3 is 2.61 bits per heavy atom. The topological polar surface area (TPSA) is 25.8 Å². The van der Waals surface area contributed by atoms with Gasteiger partial charge in [-0.3, -0.25) is 0 Å². The van der Waals surface area contributed by atoms with E-state index in [-0.39, 0.29) is 11.2 Å². The molecule has 0 aliphatic carbocycles. The van der Waals surface area contributed by atoms with Crippen LogP contribution >= 0.6 is 11.6 Å². The lowest BCUT2D eigenvalue weighted by Crippen LogP contribution is -1.99. The summed E-state index contributed by atoms with van der Waals surface area (Å²) in [5.41, 5.74) is 3.38. The van der Waals surface area contributed by atoms with Crippen molar-refractivity contribution in [2.45, 2.75) is 26.1 Å². The quantitative estimate of drug-likeness (QED) is 0.760. The summed E-state index contributed by atoms with van der Waals surface area (Å²) >= 11 is 6.02. The molecule has 2 nitrogen and oxygen atoms in total. The van der Waals surface area contributed by atoms with Crippen LogP contribution in [0.15, 0.2) is 24.4 Å². The lowest BCUT2D eigenvalue weighted by Gasteiger charge is -2.10. The standard InChI is InChI=1S/C14H14ClFN2/c1-8-4-5-11(16)6-12(8)14-17-7-13(9(2)15)10(3)18-14/h4-7,9H,1-3H3. The fraction of sp³-hybridized carbons (Fsp3) is 0.286. The minimum atomic E-state index is -0.286. The summed E-state index contributed by atoms with van der Waals surface area (Å²) in [6, 6.07) is 4.61. The fourth-order valence-corrected chi connectivity index (χ4v) is 2.05. The van der Waals surface area contributed by atoms with E-state index in [0.717, 1.165) is 16.8 Å². The predicted octanol–water partition coefficient (Wildman–Crippen LogP) is 4.20. The number of hydrogen-bond acceptors (Lipinski definition) is 2. The summed E-state index contributed by atoms with van der Waals surface area (Å²) in [7, 11) is 0. The molecule has 0 saturated carbocycles. The van der Waals surface area contributed by atoms with Crippen molar-refractivity contribution < 1.29 is 4.39 Å². The molecule has 18 heavy (non-hydrogen) atoms. The maximum Gasteiger partial charge on any atom is 0.159 e. The van der Waals surface area contributed by atoms with Gasteiger partial charge in [0.15, 0.2) is 5.82 Å². The summed E-state index contributed by atoms with van der Waals surface area (Å²) in [5, 5.41) is -0.132. The minimum Gasteiger partial charge on any atom is -0.236 e. The molecule has 1 unspecified atom stereocenters. The smallest absolute Gasteiger partial charge is 0.159 e. The van der Waals surface area contributed by atoms with Gasteiger partial charge in [-0.15, -0.1) is 11.6 Å². The second kappa shape index (κ2) is 5.02. The number of nitrogens with zero attached hydrogens (tertiary/aromatic N) is 2. The van der Waals surface area contributed by atoms with E-state index < -0.39 is 0 Å². The van der Waals surface area contributed by atoms with E-state index in [1.165, 1.54) is 12.1 Å². The van der Waals surface area contributed by atoms with Crippen LogP contribution in [0.4, 0.5) is 4.39 Å². The van der Waals surface area contributed by atoms with Crippen LogP contribution in [-0.2, 0) is 0 Å². The van der Waals surface area contributed by atoms with Crippen LogP contribution in [-0.4, -0.2) is 9.97 Å². The van der Waals surface area contributed by atoms with E-state index in [4.69, 9.17) is 11.6 Å². The normalized spacial score (nSPS) is 12.5. The van der Waals surface area contributed by atoms with Crippen LogP contribution in [0.5, 0.6) is 0 Å². The number of alkyl halides is 1. The average molecular weight is 265 g/mol. The van der Waals surface area contributed by atoms with Gasteiger partial charge in [-0.25, -0.2) is 14.4 Å². The van der Waals surface area contributed by atoms with Crippen LogP contribution in [0.1, 0.15) is 29.1 Å². The summed E-state index contributed by atoms with van der Waals surface area (Å²) in [4.78, 5) is 8.68. The van der Waals surface area contributed by atoms with Crippen molar-refractivity contribution in [1.82, 2.24) is 9.97 Å². The molecule has 1 atom stereocenters. The van der Waals surface area contributed by atoms with Gasteiger partial charge < -0.3 is 0 Å². The Hall–Kier alpha value is -1.48. The molecule has 0 aliphatic rings. The molecule has 2 rings (SSSR count). The first-order valence-electron chi connectivity index (χ1n) is 5.73. The summed E-state index contributed by atoms with van der Waals surface area (Å²) in [6.07, 6.45) is 1.71. The highest BCUT2D eigenvalue weighted by molar-refractivity contribution is 6.20. The summed E-state index contributed by atoms with van der Waals surface area (Å²) in [5.74, 6) is 0.247. The third kappa shape index (κ3) is 2.51. The molecule has 2 aromatic rings. The number of benzene rings is 1. The van der Waals surface area contributed by atoms with Crippen molar-refractivity contribution in [2.24, 2.45) is 0 Å². The lowest BCUT2D eigenvalue weighted by atomic mass is 10.1. The number of hydrogen-bond donors (Lipinski definition) is 0. The zero-order valence-corrected chi connectivity index (χ0v) is 11.3. The first-order chi connectivity index (χ1) is 8.49. The monoisotopic (exact) mass is 264 g/mol. The largest absolute Gasteiger partial charge is 0.236 e. The van der Waals surface area contributed by atoms with Gasteiger partial charge in [0.05, 0.1) is 5.38 Å². The third-order valence-corrected chi connectivity index (χ3v) is 3.12. The van der Waals surface area contributed by atoms with Crippen molar-refractivity contribution in [3.05, 3.63) is 47.0 Å². The SMILES string of the molecule is Cc1ccc(F)cc1-c1ncc(C(C)Cl)c(C)n1. The van der Waals surface area contributed by atoms with Gasteiger partial charge in [-0.2, -0.15) is 0 Å². The van der Waals surface area contributed by atoms with Crippen molar-refractivity contribution in [3.8, 4) is 11.4 Å². The Balaban J connectivity index is 2.52. The number of halogens is 2. The molecule has 0 fully saturated rings. The molecule has 1 heterocycles. The summed E-state index contributed by atoms with van der Waals surface area (Å²) < 4.78 is 13.3. The number of rotatable bonds is 2. The van der Waals surface area contributed by atoms with Crippen LogP contribution < -0.4 is 0 Å². The highest BCUT2D eigenvalue weighted by Gasteiger charge is 2.11. The Morgan fingerprint density at radius 2 is 2.00 bits per heavy atom. The van der Waals surface area contributed by atoms with Gasteiger partial charge in [-0.1, -0.05) is 6.07 Å². The Kier molecular flexibility index (Phi) is 3.62. The van der Waals surface area contributed by atoms with Crippen molar-refractivity contribution >= 4 is 11.6 Å². The van der Waals surface area contributed by atoms with Gasteiger partial charge in [-0.05, 0) is 38.5 Å². The molecular formula is C14H14ClFN2. The maximum atomic E-state index is 13.3. The van der Waals surface area contributed by atoms with E-state index in [9.17, 15) is 4.39 Å². The van der Waals surface area contributed by atoms with Crippen LogP contribution in [0.2, 0.25) is 0 Å². The van der Waals surface area contributed by atoms with Crippen LogP contribution in [0.3, 0.4) is 0 Å². The van der Waals surface area contributed by atoms with E-state index in [1.807, 2.05) is 20.8 Å². The molecule has 0 aliphatic heterocycles.